The third-order valence-electron chi connectivity index (χ3n) is 2.63. The molecule has 0 heterocycles. The van der Waals surface area contributed by atoms with Gasteiger partial charge < -0.3 is 11.1 Å². The maximum absolute atomic E-state index is 13.7. The van der Waals surface area contributed by atoms with E-state index in [1.807, 2.05) is 0 Å². The van der Waals surface area contributed by atoms with E-state index in [9.17, 15) is 17.2 Å². The summed E-state index contributed by atoms with van der Waals surface area (Å²) in [4.78, 5) is -0.173. The highest BCUT2D eigenvalue weighted by Crippen LogP contribution is 2.29. The molecule has 0 radical (unpaired) electrons. The van der Waals surface area contributed by atoms with Crippen LogP contribution in [0.2, 0.25) is 0 Å². The van der Waals surface area contributed by atoms with Crippen molar-refractivity contribution < 1.29 is 17.2 Å². The van der Waals surface area contributed by atoms with Gasteiger partial charge in [-0.2, -0.15) is 0 Å². The molecule has 0 saturated carbocycles. The van der Waals surface area contributed by atoms with Crippen LogP contribution in [0.1, 0.15) is 0 Å². The Morgan fingerprint density at radius 2 is 1.71 bits per heavy atom. The molecule has 2 rings (SSSR count). The monoisotopic (exact) mass is 377 g/mol. The number of nitrogens with two attached hydrogens (primary N) is 2. The van der Waals surface area contributed by atoms with E-state index >= 15 is 0 Å². The average molecular weight is 378 g/mol. The first kappa shape index (κ1) is 15.7. The van der Waals surface area contributed by atoms with Gasteiger partial charge in [-0.15, -0.1) is 0 Å². The average Bonchev–Trinajstić information content (AvgIpc) is 2.36. The van der Waals surface area contributed by atoms with Gasteiger partial charge in [0.05, 0.1) is 26.4 Å². The summed E-state index contributed by atoms with van der Waals surface area (Å²) in [6.45, 7) is 0. The number of halogens is 3. The summed E-state index contributed by atoms with van der Waals surface area (Å²) < 4.78 is 49.4. The highest BCUT2D eigenvalue weighted by Gasteiger charge is 2.12. The predicted molar refractivity (Wildman–Crippen MR) is 79.6 cm³/mol. The van der Waals surface area contributed by atoms with Gasteiger partial charge in [0.1, 0.15) is 11.6 Å². The summed E-state index contributed by atoms with van der Waals surface area (Å²) in [5.41, 5.74) is 5.80. The first-order valence-corrected chi connectivity index (χ1v) is 7.86. The lowest BCUT2D eigenvalue weighted by molar-refractivity contribution is 0.597. The van der Waals surface area contributed by atoms with Gasteiger partial charge in [-0.1, -0.05) is 0 Å². The largest absolute Gasteiger partial charge is 0.397 e. The van der Waals surface area contributed by atoms with E-state index in [4.69, 9.17) is 10.9 Å². The highest BCUT2D eigenvalue weighted by atomic mass is 79.9. The van der Waals surface area contributed by atoms with Gasteiger partial charge in [0, 0.05) is 6.07 Å². The maximum Gasteiger partial charge on any atom is 0.238 e. The summed E-state index contributed by atoms with van der Waals surface area (Å²) in [5, 5.41) is 7.56. The predicted octanol–water partition coefficient (Wildman–Crippen LogP) is 2.70. The number of rotatable bonds is 3. The Balaban J connectivity index is 2.39. The Morgan fingerprint density at radius 3 is 2.29 bits per heavy atom. The summed E-state index contributed by atoms with van der Waals surface area (Å²) in [5.74, 6) is -1.35. The molecular formula is C12H10BrF2N3O2S. The van der Waals surface area contributed by atoms with Crippen LogP contribution in [0, 0.1) is 11.6 Å². The molecule has 5 N–H and O–H groups in total. The van der Waals surface area contributed by atoms with Gasteiger partial charge in [0.15, 0.2) is 0 Å². The van der Waals surface area contributed by atoms with Crippen molar-refractivity contribution in [1.82, 2.24) is 0 Å². The minimum Gasteiger partial charge on any atom is -0.397 e. The van der Waals surface area contributed by atoms with Crippen LogP contribution in [0.25, 0.3) is 0 Å². The maximum atomic E-state index is 13.7. The molecule has 2 aromatic carbocycles. The van der Waals surface area contributed by atoms with Crippen molar-refractivity contribution in [2.24, 2.45) is 5.14 Å². The quantitative estimate of drug-likeness (QED) is 0.565. The molecule has 0 saturated heterocycles. The molecule has 0 atom stereocenters. The lowest BCUT2D eigenvalue weighted by atomic mass is 10.2. The summed E-state index contributed by atoms with van der Waals surface area (Å²) >= 11 is 2.86. The highest BCUT2D eigenvalue weighted by molar-refractivity contribution is 9.10. The van der Waals surface area contributed by atoms with Crippen LogP contribution >= 0.6 is 15.9 Å². The zero-order chi connectivity index (χ0) is 15.8. The van der Waals surface area contributed by atoms with E-state index in [1.165, 1.54) is 12.1 Å². The Labute approximate surface area is 128 Å². The molecule has 0 fully saturated rings. The van der Waals surface area contributed by atoms with E-state index in [-0.39, 0.29) is 26.4 Å². The number of nitrogens with one attached hydrogen (secondary N) is 1. The molecule has 5 nitrogen and oxygen atoms in total. The molecule has 9 heteroatoms. The minimum atomic E-state index is -3.88. The normalized spacial score (nSPS) is 11.4. The van der Waals surface area contributed by atoms with Crippen LogP contribution < -0.4 is 16.2 Å². The lowest BCUT2D eigenvalue weighted by Crippen LogP contribution is -2.12. The fourth-order valence-corrected chi connectivity index (χ4v) is 2.46. The Kier molecular flexibility index (Phi) is 4.17. The fraction of sp³-hybridized carbons (Fsp3) is 0. The number of primary sulfonamides is 1. The zero-order valence-electron chi connectivity index (χ0n) is 10.4. The first-order chi connectivity index (χ1) is 9.68. The molecule has 112 valence electrons. The van der Waals surface area contributed by atoms with Gasteiger partial charge in [-0.05, 0) is 40.2 Å². The Hall–Kier alpha value is -1.71. The SMILES string of the molecule is Nc1cc(S(N)(=O)=O)ccc1Nc1cc(F)c(Br)cc1F. The molecule has 0 aliphatic heterocycles. The third-order valence-corrected chi connectivity index (χ3v) is 4.15. The van der Waals surface area contributed by atoms with Gasteiger partial charge in [-0.25, -0.2) is 22.3 Å². The standard InChI is InChI=1S/C12H10BrF2N3O2S/c13-7-4-9(15)12(5-8(7)14)18-11-2-1-6(3-10(11)16)21(17,19)20/h1-5,18H,16H2,(H2,17,19,20). The first-order valence-electron chi connectivity index (χ1n) is 5.52. The topological polar surface area (TPSA) is 98.2 Å². The van der Waals surface area contributed by atoms with Crippen LogP contribution in [-0.4, -0.2) is 8.42 Å². The lowest BCUT2D eigenvalue weighted by Gasteiger charge is -2.12. The second kappa shape index (κ2) is 5.58. The number of hydrogen-bond acceptors (Lipinski definition) is 4. The molecule has 0 amide bonds. The number of benzene rings is 2. The second-order valence-electron chi connectivity index (χ2n) is 4.17. The van der Waals surface area contributed by atoms with Crippen molar-refractivity contribution in [2.45, 2.75) is 4.90 Å². The zero-order valence-corrected chi connectivity index (χ0v) is 12.8. The van der Waals surface area contributed by atoms with Crippen molar-refractivity contribution in [1.29, 1.82) is 0 Å². The Morgan fingerprint density at radius 1 is 1.05 bits per heavy atom. The van der Waals surface area contributed by atoms with Gasteiger partial charge in [0.25, 0.3) is 0 Å². The molecule has 2 aromatic rings. The molecule has 0 aromatic heterocycles. The van der Waals surface area contributed by atoms with Gasteiger partial charge in [-0.3, -0.25) is 0 Å². The second-order valence-corrected chi connectivity index (χ2v) is 6.58. The van der Waals surface area contributed by atoms with Crippen LogP contribution in [0.5, 0.6) is 0 Å². The molecular weight excluding hydrogens is 368 g/mol. The summed E-state index contributed by atoms with van der Waals surface area (Å²) in [7, 11) is -3.88. The number of nitrogen functional groups attached to an aromatic ring is 1. The van der Waals surface area contributed by atoms with Crippen LogP contribution in [0.15, 0.2) is 39.7 Å². The molecule has 21 heavy (non-hydrogen) atoms. The van der Waals surface area contributed by atoms with Crippen molar-refractivity contribution in [3.8, 4) is 0 Å². The van der Waals surface area contributed by atoms with E-state index in [0.29, 0.717) is 0 Å². The van der Waals surface area contributed by atoms with E-state index in [2.05, 4.69) is 21.2 Å². The fourth-order valence-electron chi connectivity index (χ4n) is 1.60. The van der Waals surface area contributed by atoms with Crippen molar-refractivity contribution in [3.63, 3.8) is 0 Å². The van der Waals surface area contributed by atoms with E-state index in [0.717, 1.165) is 18.2 Å². The van der Waals surface area contributed by atoms with Gasteiger partial charge >= 0.3 is 0 Å². The van der Waals surface area contributed by atoms with E-state index < -0.39 is 21.7 Å². The molecule has 0 aliphatic rings. The molecule has 0 spiro atoms. The summed E-state index contributed by atoms with van der Waals surface area (Å²) in [6, 6.07) is 5.57. The number of sulfonamides is 1. The van der Waals surface area contributed by atoms with Crippen LogP contribution in [-0.2, 0) is 10.0 Å². The minimum absolute atomic E-state index is 0.0110. The Bertz CT molecular complexity index is 812. The van der Waals surface area contributed by atoms with Crippen molar-refractivity contribution in [2.75, 3.05) is 11.1 Å². The molecule has 0 unspecified atom stereocenters. The molecule has 0 aliphatic carbocycles. The summed E-state index contributed by atoms with van der Waals surface area (Å²) in [6.07, 6.45) is 0. The van der Waals surface area contributed by atoms with Crippen LogP contribution in [0.4, 0.5) is 25.8 Å². The smallest absolute Gasteiger partial charge is 0.238 e. The van der Waals surface area contributed by atoms with Crippen LogP contribution in [0.3, 0.4) is 0 Å². The van der Waals surface area contributed by atoms with E-state index in [1.54, 1.807) is 0 Å². The van der Waals surface area contributed by atoms with Gasteiger partial charge in [0.2, 0.25) is 10.0 Å². The van der Waals surface area contributed by atoms with Crippen molar-refractivity contribution >= 4 is 43.0 Å². The third kappa shape index (κ3) is 3.49. The number of anilines is 3. The molecule has 0 bridgehead atoms. The number of hydrogen-bond donors (Lipinski definition) is 3. The van der Waals surface area contributed by atoms with Crippen molar-refractivity contribution in [3.05, 3.63) is 46.4 Å².